The van der Waals surface area contributed by atoms with Gasteiger partial charge in [-0.3, -0.25) is 9.59 Å². The Labute approximate surface area is 98.8 Å². The van der Waals surface area contributed by atoms with Crippen molar-refractivity contribution in [1.82, 2.24) is 5.32 Å². The number of carbonyl (C=O) groups excluding carboxylic acids is 2. The summed E-state index contributed by atoms with van der Waals surface area (Å²) in [5.41, 5.74) is 1.05. The van der Waals surface area contributed by atoms with E-state index >= 15 is 0 Å². The molecule has 1 aromatic rings. The van der Waals surface area contributed by atoms with Crippen molar-refractivity contribution in [1.29, 1.82) is 0 Å². The van der Waals surface area contributed by atoms with Gasteiger partial charge >= 0.3 is 0 Å². The minimum Gasteiger partial charge on any atom is -0.345 e. The zero-order chi connectivity index (χ0) is 12.0. The summed E-state index contributed by atoms with van der Waals surface area (Å²) in [5.74, 6) is 5.37. The van der Waals surface area contributed by atoms with E-state index in [0.29, 0.717) is 16.1 Å². The van der Waals surface area contributed by atoms with Crippen molar-refractivity contribution < 1.29 is 9.59 Å². The molecule has 0 saturated carbocycles. The lowest BCUT2D eigenvalue weighted by molar-refractivity contribution is -0.118. The largest absolute Gasteiger partial charge is 0.345 e. The molecule has 82 valence electrons. The molecule has 16 heavy (non-hydrogen) atoms. The summed E-state index contributed by atoms with van der Waals surface area (Å²) in [7, 11) is 0. The molecule has 0 bridgehead atoms. The maximum absolute atomic E-state index is 10.7. The van der Waals surface area contributed by atoms with Gasteiger partial charge in [-0.05, 0) is 18.2 Å². The molecule has 3 nitrogen and oxygen atoms in total. The molecule has 0 atom stereocenters. The summed E-state index contributed by atoms with van der Waals surface area (Å²) in [6.45, 7) is 1.66. The highest BCUT2D eigenvalue weighted by Crippen LogP contribution is 2.13. The first-order valence-electron chi connectivity index (χ1n) is 4.61. The van der Waals surface area contributed by atoms with E-state index in [9.17, 15) is 9.59 Å². The van der Waals surface area contributed by atoms with E-state index in [1.807, 2.05) is 0 Å². The molecular formula is C12H10ClNO2. The first-order valence-corrected chi connectivity index (χ1v) is 4.99. The van der Waals surface area contributed by atoms with Crippen LogP contribution in [0.2, 0.25) is 5.02 Å². The number of amides is 1. The normalized spacial score (nSPS) is 8.88. The molecule has 0 heterocycles. The maximum Gasteiger partial charge on any atom is 0.217 e. The number of aldehydes is 1. The van der Waals surface area contributed by atoms with Gasteiger partial charge in [-0.2, -0.15) is 0 Å². The monoisotopic (exact) mass is 235 g/mol. The molecule has 0 unspecified atom stereocenters. The highest BCUT2D eigenvalue weighted by atomic mass is 35.5. The Morgan fingerprint density at radius 3 is 2.94 bits per heavy atom. The Morgan fingerprint density at radius 2 is 2.31 bits per heavy atom. The van der Waals surface area contributed by atoms with Gasteiger partial charge in [-0.15, -0.1) is 0 Å². The molecule has 0 aliphatic heterocycles. The number of nitrogens with one attached hydrogen (secondary N) is 1. The van der Waals surface area contributed by atoms with E-state index in [1.165, 1.54) is 6.92 Å². The van der Waals surface area contributed by atoms with Crippen LogP contribution in [0, 0.1) is 11.8 Å². The Kier molecular flexibility index (Phi) is 4.56. The van der Waals surface area contributed by atoms with Crippen molar-refractivity contribution in [3.05, 3.63) is 34.3 Å². The molecule has 0 fully saturated rings. The molecular weight excluding hydrogens is 226 g/mol. The number of benzene rings is 1. The molecule has 1 aromatic carbocycles. The molecule has 0 aromatic heterocycles. The summed E-state index contributed by atoms with van der Waals surface area (Å²) >= 11 is 5.78. The zero-order valence-electron chi connectivity index (χ0n) is 8.71. The highest BCUT2D eigenvalue weighted by molar-refractivity contribution is 6.30. The van der Waals surface area contributed by atoms with Crippen molar-refractivity contribution in [2.75, 3.05) is 6.54 Å². The average molecular weight is 236 g/mol. The van der Waals surface area contributed by atoms with Crippen LogP contribution in [0.15, 0.2) is 18.2 Å². The molecule has 0 aliphatic carbocycles. The van der Waals surface area contributed by atoms with Crippen LogP contribution in [0.4, 0.5) is 0 Å². The van der Waals surface area contributed by atoms with E-state index in [0.717, 1.165) is 6.29 Å². The predicted octanol–water partition coefficient (Wildman–Crippen LogP) is 1.64. The van der Waals surface area contributed by atoms with Gasteiger partial charge < -0.3 is 5.32 Å². The van der Waals surface area contributed by atoms with E-state index in [2.05, 4.69) is 17.2 Å². The van der Waals surface area contributed by atoms with Gasteiger partial charge in [0.25, 0.3) is 0 Å². The van der Waals surface area contributed by atoms with Crippen molar-refractivity contribution >= 4 is 23.8 Å². The van der Waals surface area contributed by atoms with Crippen LogP contribution < -0.4 is 5.32 Å². The van der Waals surface area contributed by atoms with Gasteiger partial charge in [0.1, 0.15) is 0 Å². The quantitative estimate of drug-likeness (QED) is 0.626. The SMILES string of the molecule is CC(=O)NCC#Cc1cc(Cl)ccc1C=O. The Morgan fingerprint density at radius 1 is 1.56 bits per heavy atom. The minimum atomic E-state index is -0.143. The van der Waals surface area contributed by atoms with E-state index < -0.39 is 0 Å². The van der Waals surface area contributed by atoms with Crippen LogP contribution in [-0.2, 0) is 4.79 Å². The number of rotatable bonds is 2. The second kappa shape index (κ2) is 5.94. The van der Waals surface area contributed by atoms with Crippen LogP contribution >= 0.6 is 11.6 Å². The minimum absolute atomic E-state index is 0.143. The lowest BCUT2D eigenvalue weighted by Gasteiger charge is -1.97. The summed E-state index contributed by atoms with van der Waals surface area (Å²) in [6, 6.07) is 4.86. The maximum atomic E-state index is 10.7. The van der Waals surface area contributed by atoms with Crippen LogP contribution in [0.3, 0.4) is 0 Å². The van der Waals surface area contributed by atoms with E-state index in [1.54, 1.807) is 18.2 Å². The standard InChI is InChI=1S/C12H10ClNO2/c1-9(16)14-6-2-3-10-7-12(13)5-4-11(10)8-15/h4-5,7-8H,6H2,1H3,(H,14,16). The molecule has 1 amide bonds. The van der Waals surface area contributed by atoms with Gasteiger partial charge in [-0.1, -0.05) is 23.4 Å². The Balaban J connectivity index is 2.82. The topological polar surface area (TPSA) is 46.2 Å². The fourth-order valence-electron chi connectivity index (χ4n) is 1.05. The lowest BCUT2D eigenvalue weighted by atomic mass is 10.1. The van der Waals surface area contributed by atoms with E-state index in [4.69, 9.17) is 11.6 Å². The first kappa shape index (κ1) is 12.3. The third kappa shape index (κ3) is 3.76. The molecule has 1 rings (SSSR count). The third-order valence-corrected chi connectivity index (χ3v) is 2.03. The molecule has 0 saturated heterocycles. The van der Waals surface area contributed by atoms with Gasteiger partial charge in [-0.25, -0.2) is 0 Å². The molecule has 0 spiro atoms. The van der Waals surface area contributed by atoms with Gasteiger partial charge in [0.15, 0.2) is 6.29 Å². The highest BCUT2D eigenvalue weighted by Gasteiger charge is 1.98. The lowest BCUT2D eigenvalue weighted by Crippen LogP contribution is -2.19. The smallest absolute Gasteiger partial charge is 0.217 e. The van der Waals surface area contributed by atoms with Crippen LogP contribution in [0.5, 0.6) is 0 Å². The van der Waals surface area contributed by atoms with Crippen molar-refractivity contribution in [2.45, 2.75) is 6.92 Å². The number of hydrogen-bond donors (Lipinski definition) is 1. The second-order valence-electron chi connectivity index (χ2n) is 3.06. The number of hydrogen-bond acceptors (Lipinski definition) is 2. The zero-order valence-corrected chi connectivity index (χ0v) is 9.47. The molecule has 0 aliphatic rings. The fraction of sp³-hybridized carbons (Fsp3) is 0.167. The van der Waals surface area contributed by atoms with Crippen molar-refractivity contribution in [3.63, 3.8) is 0 Å². The van der Waals surface area contributed by atoms with Gasteiger partial charge in [0.05, 0.1) is 6.54 Å². The van der Waals surface area contributed by atoms with Gasteiger partial charge in [0, 0.05) is 23.1 Å². The fourth-order valence-corrected chi connectivity index (χ4v) is 1.22. The number of carbonyl (C=O) groups is 2. The first-order chi connectivity index (χ1) is 7.63. The van der Waals surface area contributed by atoms with Crippen molar-refractivity contribution in [3.8, 4) is 11.8 Å². The second-order valence-corrected chi connectivity index (χ2v) is 3.50. The van der Waals surface area contributed by atoms with Crippen molar-refractivity contribution in [2.24, 2.45) is 0 Å². The Bertz CT molecular complexity index is 472. The third-order valence-electron chi connectivity index (χ3n) is 1.79. The molecule has 0 radical (unpaired) electrons. The number of halogens is 1. The van der Waals surface area contributed by atoms with Gasteiger partial charge in [0.2, 0.25) is 5.91 Å². The van der Waals surface area contributed by atoms with Crippen LogP contribution in [-0.4, -0.2) is 18.7 Å². The Hall–Kier alpha value is -1.79. The molecule has 1 N–H and O–H groups in total. The molecule has 4 heteroatoms. The summed E-state index contributed by atoms with van der Waals surface area (Å²) in [6.07, 6.45) is 0.721. The summed E-state index contributed by atoms with van der Waals surface area (Å²) < 4.78 is 0. The predicted molar refractivity (Wildman–Crippen MR) is 62.4 cm³/mol. The summed E-state index contributed by atoms with van der Waals surface area (Å²) in [5, 5.41) is 3.06. The van der Waals surface area contributed by atoms with Crippen LogP contribution in [0.25, 0.3) is 0 Å². The summed E-state index contributed by atoms with van der Waals surface area (Å²) in [4.78, 5) is 21.3. The average Bonchev–Trinajstić information content (AvgIpc) is 2.24. The van der Waals surface area contributed by atoms with Crippen LogP contribution in [0.1, 0.15) is 22.8 Å². The van der Waals surface area contributed by atoms with E-state index in [-0.39, 0.29) is 12.5 Å².